The Labute approximate surface area is 173 Å². The molecule has 0 bridgehead atoms. The molecule has 1 N–H and O–H groups in total. The van der Waals surface area contributed by atoms with E-state index in [0.717, 1.165) is 5.56 Å². The quantitative estimate of drug-likeness (QED) is 0.721. The van der Waals surface area contributed by atoms with Gasteiger partial charge in [0, 0.05) is 26.2 Å². The van der Waals surface area contributed by atoms with Gasteiger partial charge in [0.05, 0.1) is 11.5 Å². The second kappa shape index (κ2) is 10.1. The largest absolute Gasteiger partial charge is 0.450 e. The molecule has 1 fully saturated rings. The summed E-state index contributed by atoms with van der Waals surface area (Å²) < 4.78 is 33.1. The van der Waals surface area contributed by atoms with Gasteiger partial charge in [-0.2, -0.15) is 4.72 Å². The number of carbonyl (C=O) groups is 2. The highest BCUT2D eigenvalue weighted by Crippen LogP contribution is 2.16. The number of nitrogens with zero attached hydrogens (tertiary/aromatic N) is 2. The molecule has 0 saturated carbocycles. The molecule has 0 radical (unpaired) electrons. The molecule has 1 saturated heterocycles. The third-order valence-corrected chi connectivity index (χ3v) is 6.24. The van der Waals surface area contributed by atoms with E-state index >= 15 is 0 Å². The number of ether oxygens (including phenoxy) is 1. The van der Waals surface area contributed by atoms with Gasteiger partial charge in [-0.1, -0.05) is 31.5 Å². The van der Waals surface area contributed by atoms with Crippen LogP contribution < -0.4 is 4.72 Å². The molecule has 1 aliphatic heterocycles. The second-order valence-corrected chi connectivity index (χ2v) is 9.34. The summed E-state index contributed by atoms with van der Waals surface area (Å²) in [5.41, 5.74) is 0.957. The molecule has 29 heavy (non-hydrogen) atoms. The molecule has 9 heteroatoms. The average molecular weight is 426 g/mol. The minimum Gasteiger partial charge on any atom is -0.450 e. The summed E-state index contributed by atoms with van der Waals surface area (Å²) in [6.45, 7) is 9.23. The zero-order valence-electron chi connectivity index (χ0n) is 17.6. The van der Waals surface area contributed by atoms with Gasteiger partial charge in [-0.25, -0.2) is 13.2 Å². The number of hydrogen-bond donors (Lipinski definition) is 1. The summed E-state index contributed by atoms with van der Waals surface area (Å²) >= 11 is 0. The Morgan fingerprint density at radius 1 is 1.07 bits per heavy atom. The van der Waals surface area contributed by atoms with Crippen molar-refractivity contribution in [3.63, 3.8) is 0 Å². The van der Waals surface area contributed by atoms with Crippen molar-refractivity contribution in [1.82, 2.24) is 14.5 Å². The summed E-state index contributed by atoms with van der Waals surface area (Å²) in [6.07, 6.45) is 0.000521. The summed E-state index contributed by atoms with van der Waals surface area (Å²) in [6, 6.07) is 5.67. The van der Waals surface area contributed by atoms with Gasteiger partial charge in [0.25, 0.3) is 0 Å². The van der Waals surface area contributed by atoms with Gasteiger partial charge in [-0.05, 0) is 38.3 Å². The first kappa shape index (κ1) is 23.2. The number of benzene rings is 1. The Balaban J connectivity index is 2.09. The van der Waals surface area contributed by atoms with Crippen LogP contribution in [0.5, 0.6) is 0 Å². The molecular formula is C20H31N3O5S. The third kappa shape index (κ3) is 6.43. The maximum atomic E-state index is 13.1. The van der Waals surface area contributed by atoms with Crippen molar-refractivity contribution in [3.8, 4) is 0 Å². The number of sulfonamides is 1. The average Bonchev–Trinajstić information content (AvgIpc) is 2.67. The van der Waals surface area contributed by atoms with Gasteiger partial charge in [0.15, 0.2) is 0 Å². The smallest absolute Gasteiger partial charge is 0.409 e. The van der Waals surface area contributed by atoms with E-state index < -0.39 is 22.2 Å². The van der Waals surface area contributed by atoms with Crippen molar-refractivity contribution in [2.45, 2.75) is 45.1 Å². The number of nitrogens with one attached hydrogen (secondary N) is 1. The van der Waals surface area contributed by atoms with Crippen molar-refractivity contribution in [2.24, 2.45) is 5.92 Å². The van der Waals surface area contributed by atoms with E-state index in [0.29, 0.717) is 39.2 Å². The predicted molar refractivity (Wildman–Crippen MR) is 110 cm³/mol. The van der Waals surface area contributed by atoms with Gasteiger partial charge in [0.2, 0.25) is 15.9 Å². The van der Waals surface area contributed by atoms with E-state index in [1.807, 2.05) is 20.8 Å². The fourth-order valence-corrected chi connectivity index (χ4v) is 4.39. The zero-order valence-corrected chi connectivity index (χ0v) is 18.4. The molecule has 8 nitrogen and oxygen atoms in total. The predicted octanol–water partition coefficient (Wildman–Crippen LogP) is 1.99. The maximum Gasteiger partial charge on any atom is 0.409 e. The van der Waals surface area contributed by atoms with E-state index in [2.05, 4.69) is 4.72 Å². The van der Waals surface area contributed by atoms with Crippen molar-refractivity contribution in [2.75, 3.05) is 32.8 Å². The highest BCUT2D eigenvalue weighted by Gasteiger charge is 2.32. The summed E-state index contributed by atoms with van der Waals surface area (Å²) in [7, 11) is -3.82. The molecule has 1 heterocycles. The molecule has 162 valence electrons. The molecule has 1 atom stereocenters. The summed E-state index contributed by atoms with van der Waals surface area (Å²) in [4.78, 5) is 28.2. The van der Waals surface area contributed by atoms with Gasteiger partial charge in [-0.3, -0.25) is 4.79 Å². The Hall–Kier alpha value is -2.13. The molecule has 2 rings (SSSR count). The third-order valence-electron chi connectivity index (χ3n) is 4.75. The van der Waals surface area contributed by atoms with Gasteiger partial charge in [-0.15, -0.1) is 0 Å². The van der Waals surface area contributed by atoms with Gasteiger partial charge < -0.3 is 14.5 Å². The molecule has 0 unspecified atom stereocenters. The van der Waals surface area contributed by atoms with Crippen molar-refractivity contribution in [3.05, 3.63) is 29.8 Å². The molecule has 1 aromatic carbocycles. The van der Waals surface area contributed by atoms with Crippen molar-refractivity contribution in [1.29, 1.82) is 0 Å². The van der Waals surface area contributed by atoms with Crippen LogP contribution in [0.2, 0.25) is 0 Å². The van der Waals surface area contributed by atoms with Crippen LogP contribution in [0, 0.1) is 12.8 Å². The monoisotopic (exact) mass is 425 g/mol. The topological polar surface area (TPSA) is 96.0 Å². The van der Waals surface area contributed by atoms with Crippen LogP contribution in [0.25, 0.3) is 0 Å². The normalized spacial score (nSPS) is 16.0. The lowest BCUT2D eigenvalue weighted by Gasteiger charge is -2.36. The lowest BCUT2D eigenvalue weighted by atomic mass is 10.0. The fourth-order valence-electron chi connectivity index (χ4n) is 3.19. The molecule has 1 aliphatic rings. The first-order valence-corrected chi connectivity index (χ1v) is 11.4. The molecule has 0 aliphatic carbocycles. The van der Waals surface area contributed by atoms with E-state index in [4.69, 9.17) is 4.74 Å². The Kier molecular flexibility index (Phi) is 8.04. The van der Waals surface area contributed by atoms with Crippen LogP contribution in [0.4, 0.5) is 4.79 Å². The number of carbonyl (C=O) groups excluding carboxylic acids is 2. The van der Waals surface area contributed by atoms with Crippen LogP contribution >= 0.6 is 0 Å². The van der Waals surface area contributed by atoms with Crippen LogP contribution in [-0.4, -0.2) is 69.0 Å². The first-order chi connectivity index (χ1) is 13.6. The van der Waals surface area contributed by atoms with E-state index in [-0.39, 0.29) is 16.7 Å². The maximum absolute atomic E-state index is 13.1. The minimum atomic E-state index is -3.82. The van der Waals surface area contributed by atoms with Gasteiger partial charge in [0.1, 0.15) is 6.04 Å². The standard InChI is InChI=1S/C20H31N3O5S/c1-5-28-20(25)23-12-10-22(11-13-23)19(24)18(14-15(2)3)21-29(26,27)17-8-6-16(4)7-9-17/h6-9,15,18,21H,5,10-14H2,1-4H3/t18-/m1/s1. The second-order valence-electron chi connectivity index (χ2n) is 7.63. The van der Waals surface area contributed by atoms with E-state index in [1.54, 1.807) is 28.9 Å². The lowest BCUT2D eigenvalue weighted by Crippen LogP contribution is -2.56. The lowest BCUT2D eigenvalue weighted by molar-refractivity contribution is -0.135. The Morgan fingerprint density at radius 3 is 2.14 bits per heavy atom. The van der Waals surface area contributed by atoms with Crippen LogP contribution in [0.1, 0.15) is 32.8 Å². The van der Waals surface area contributed by atoms with Crippen LogP contribution in [0.15, 0.2) is 29.2 Å². The number of rotatable bonds is 7. The molecule has 0 spiro atoms. The number of amides is 2. The number of aryl methyl sites for hydroxylation is 1. The fraction of sp³-hybridized carbons (Fsp3) is 0.600. The minimum absolute atomic E-state index is 0.130. The SMILES string of the molecule is CCOC(=O)N1CCN(C(=O)[C@@H](CC(C)C)NS(=O)(=O)c2ccc(C)cc2)CC1. The zero-order chi connectivity index (χ0) is 21.6. The van der Waals surface area contributed by atoms with Crippen LogP contribution in [0.3, 0.4) is 0 Å². The molecule has 1 aromatic rings. The highest BCUT2D eigenvalue weighted by molar-refractivity contribution is 7.89. The van der Waals surface area contributed by atoms with Gasteiger partial charge >= 0.3 is 6.09 Å². The van der Waals surface area contributed by atoms with Crippen molar-refractivity contribution >= 4 is 22.0 Å². The van der Waals surface area contributed by atoms with Crippen molar-refractivity contribution < 1.29 is 22.7 Å². The summed E-state index contributed by atoms with van der Waals surface area (Å²) in [5.74, 6) is -0.136. The number of hydrogen-bond acceptors (Lipinski definition) is 5. The highest BCUT2D eigenvalue weighted by atomic mass is 32.2. The summed E-state index contributed by atoms with van der Waals surface area (Å²) in [5, 5.41) is 0. The Bertz CT molecular complexity index is 800. The van der Waals surface area contributed by atoms with E-state index in [1.165, 1.54) is 12.1 Å². The molecule has 0 aromatic heterocycles. The first-order valence-electron chi connectivity index (χ1n) is 9.93. The van der Waals surface area contributed by atoms with Crippen LogP contribution in [-0.2, 0) is 19.6 Å². The molecular weight excluding hydrogens is 394 g/mol. The van der Waals surface area contributed by atoms with E-state index in [9.17, 15) is 18.0 Å². The number of piperazine rings is 1. The Morgan fingerprint density at radius 2 is 1.62 bits per heavy atom. The molecule has 2 amide bonds.